The Bertz CT molecular complexity index is 188. The van der Waals surface area contributed by atoms with Crippen molar-refractivity contribution in [2.75, 3.05) is 5.75 Å². The molecule has 2 unspecified atom stereocenters. The smallest absolute Gasteiger partial charge is 0.304 e. The molecule has 70 valence electrons. The summed E-state index contributed by atoms with van der Waals surface area (Å²) in [6.07, 6.45) is 1.64. The molecule has 0 amide bonds. The molecule has 0 saturated carbocycles. The van der Waals surface area contributed by atoms with Crippen molar-refractivity contribution in [3.05, 3.63) is 0 Å². The van der Waals surface area contributed by atoms with Gasteiger partial charge in [0.2, 0.25) is 0 Å². The number of hydrogen-bond acceptors (Lipinski definition) is 4. The van der Waals surface area contributed by atoms with Gasteiger partial charge in [-0.1, -0.05) is 0 Å². The number of thioether (sulfide) groups is 1. The third-order valence-electron chi connectivity index (χ3n) is 1.96. The summed E-state index contributed by atoms with van der Waals surface area (Å²) in [4.78, 5) is 10.5. The van der Waals surface area contributed by atoms with E-state index in [4.69, 9.17) is 10.8 Å². The topological polar surface area (TPSA) is 63.3 Å². The van der Waals surface area contributed by atoms with Crippen LogP contribution in [0, 0.1) is 0 Å². The number of carboxylic acids is 1. The average Bonchev–Trinajstić information content (AvgIpc) is 1.82. The number of aliphatic carboxylic acids is 1. The van der Waals surface area contributed by atoms with Gasteiger partial charge < -0.3 is 10.8 Å². The second-order valence-corrected chi connectivity index (χ2v) is 5.45. The standard InChI is InChI=1S/C7H13NO2S2/c8-5-3-7(11,1-2-12-5)4-6(9)10/h5,11H,1-4,8H2,(H,9,10). The molecule has 0 aromatic heterocycles. The van der Waals surface area contributed by atoms with Crippen LogP contribution in [0.5, 0.6) is 0 Å². The summed E-state index contributed by atoms with van der Waals surface area (Å²) >= 11 is 6.06. The molecular formula is C7H13NO2S2. The second kappa shape index (κ2) is 3.89. The molecule has 12 heavy (non-hydrogen) atoms. The van der Waals surface area contributed by atoms with Crippen LogP contribution in [0.15, 0.2) is 0 Å². The maximum absolute atomic E-state index is 10.5. The summed E-state index contributed by atoms with van der Waals surface area (Å²) in [5.41, 5.74) is 5.71. The predicted molar refractivity (Wildman–Crippen MR) is 53.6 cm³/mol. The van der Waals surface area contributed by atoms with Gasteiger partial charge in [0.1, 0.15) is 0 Å². The van der Waals surface area contributed by atoms with Crippen molar-refractivity contribution in [2.24, 2.45) is 5.73 Å². The molecule has 1 aliphatic heterocycles. The lowest BCUT2D eigenvalue weighted by molar-refractivity contribution is -0.137. The van der Waals surface area contributed by atoms with E-state index in [1.54, 1.807) is 11.8 Å². The summed E-state index contributed by atoms with van der Waals surface area (Å²) in [6.45, 7) is 0. The highest BCUT2D eigenvalue weighted by Gasteiger charge is 2.34. The Morgan fingerprint density at radius 2 is 2.50 bits per heavy atom. The van der Waals surface area contributed by atoms with E-state index in [0.717, 1.165) is 12.2 Å². The predicted octanol–water partition coefficient (Wildman–Crippen LogP) is 0.941. The number of nitrogens with two attached hydrogens (primary N) is 1. The number of rotatable bonds is 2. The first kappa shape index (κ1) is 10.2. The monoisotopic (exact) mass is 207 g/mol. The number of hydrogen-bond donors (Lipinski definition) is 3. The summed E-state index contributed by atoms with van der Waals surface area (Å²) < 4.78 is -0.378. The van der Waals surface area contributed by atoms with E-state index < -0.39 is 5.97 Å². The maximum atomic E-state index is 10.5. The molecule has 1 fully saturated rings. The molecule has 1 rings (SSSR count). The first-order chi connectivity index (χ1) is 5.52. The number of carboxylic acid groups (broad SMARTS) is 1. The summed E-state index contributed by atoms with van der Waals surface area (Å²) in [6, 6.07) is 0. The zero-order valence-corrected chi connectivity index (χ0v) is 8.40. The summed E-state index contributed by atoms with van der Waals surface area (Å²) in [5.74, 6) is 0.127. The van der Waals surface area contributed by atoms with Gasteiger partial charge >= 0.3 is 5.97 Å². The normalized spacial score (nSPS) is 36.3. The lowest BCUT2D eigenvalue weighted by Crippen LogP contribution is -2.37. The first-order valence-corrected chi connectivity index (χ1v) is 5.33. The van der Waals surface area contributed by atoms with E-state index in [1.807, 2.05) is 0 Å². The second-order valence-electron chi connectivity index (χ2n) is 3.16. The van der Waals surface area contributed by atoms with Crippen molar-refractivity contribution in [3.63, 3.8) is 0 Å². The van der Waals surface area contributed by atoms with E-state index in [9.17, 15) is 4.79 Å². The quantitative estimate of drug-likeness (QED) is 0.590. The Morgan fingerprint density at radius 3 is 3.00 bits per heavy atom. The van der Waals surface area contributed by atoms with Gasteiger partial charge in [-0.2, -0.15) is 12.6 Å². The maximum Gasteiger partial charge on any atom is 0.304 e. The van der Waals surface area contributed by atoms with Crippen molar-refractivity contribution < 1.29 is 9.90 Å². The van der Waals surface area contributed by atoms with Crippen LogP contribution in [0.2, 0.25) is 0 Å². The average molecular weight is 207 g/mol. The highest BCUT2D eigenvalue weighted by molar-refractivity contribution is 8.00. The minimum absolute atomic E-state index is 0.0515. The Kier molecular flexibility index (Phi) is 3.31. The van der Waals surface area contributed by atoms with Crippen molar-refractivity contribution in [2.45, 2.75) is 29.4 Å². The van der Waals surface area contributed by atoms with Crippen LogP contribution in [-0.2, 0) is 4.79 Å². The molecule has 5 heteroatoms. The summed E-state index contributed by atoms with van der Waals surface area (Å²) in [5, 5.41) is 8.67. The Morgan fingerprint density at radius 1 is 1.83 bits per heavy atom. The fraction of sp³-hybridized carbons (Fsp3) is 0.857. The molecule has 0 spiro atoms. The fourth-order valence-corrected chi connectivity index (χ4v) is 3.34. The Balaban J connectivity index is 2.51. The highest BCUT2D eigenvalue weighted by Crippen LogP contribution is 2.37. The first-order valence-electron chi connectivity index (χ1n) is 3.83. The van der Waals surface area contributed by atoms with Gasteiger partial charge in [-0.05, 0) is 18.6 Å². The van der Waals surface area contributed by atoms with E-state index in [-0.39, 0.29) is 16.5 Å². The molecule has 2 atom stereocenters. The largest absolute Gasteiger partial charge is 0.481 e. The lowest BCUT2D eigenvalue weighted by Gasteiger charge is -2.34. The van der Waals surface area contributed by atoms with Crippen LogP contribution in [0.1, 0.15) is 19.3 Å². The third kappa shape index (κ3) is 2.88. The van der Waals surface area contributed by atoms with Crippen molar-refractivity contribution in [3.8, 4) is 0 Å². The lowest BCUT2D eigenvalue weighted by atomic mass is 9.96. The van der Waals surface area contributed by atoms with Gasteiger partial charge in [0, 0.05) is 4.75 Å². The molecule has 0 aromatic rings. The zero-order valence-electron chi connectivity index (χ0n) is 6.69. The molecule has 0 bridgehead atoms. The van der Waals surface area contributed by atoms with Crippen LogP contribution in [-0.4, -0.2) is 26.9 Å². The molecule has 0 aliphatic carbocycles. The minimum Gasteiger partial charge on any atom is -0.481 e. The van der Waals surface area contributed by atoms with Gasteiger partial charge in [0.05, 0.1) is 11.8 Å². The van der Waals surface area contributed by atoms with Crippen molar-refractivity contribution >= 4 is 30.4 Å². The molecule has 1 heterocycles. The van der Waals surface area contributed by atoms with Crippen LogP contribution >= 0.6 is 24.4 Å². The van der Waals surface area contributed by atoms with E-state index in [1.165, 1.54) is 0 Å². The fourth-order valence-electron chi connectivity index (χ4n) is 1.38. The van der Waals surface area contributed by atoms with Crippen molar-refractivity contribution in [1.29, 1.82) is 0 Å². The molecule has 0 radical (unpaired) electrons. The van der Waals surface area contributed by atoms with Crippen LogP contribution < -0.4 is 5.73 Å². The highest BCUT2D eigenvalue weighted by atomic mass is 32.2. The molecule has 3 nitrogen and oxygen atoms in total. The molecule has 1 aliphatic rings. The van der Waals surface area contributed by atoms with Gasteiger partial charge in [0.15, 0.2) is 0 Å². The SMILES string of the molecule is NC1CC(S)(CC(=O)O)CCS1. The number of thiol groups is 1. The Hall–Kier alpha value is 0.130. The molecule has 1 saturated heterocycles. The summed E-state index contributed by atoms with van der Waals surface area (Å²) in [7, 11) is 0. The zero-order chi connectivity index (χ0) is 9.19. The van der Waals surface area contributed by atoms with Crippen LogP contribution in [0.25, 0.3) is 0 Å². The van der Waals surface area contributed by atoms with Crippen molar-refractivity contribution in [1.82, 2.24) is 0 Å². The van der Waals surface area contributed by atoms with Gasteiger partial charge in [-0.25, -0.2) is 0 Å². The van der Waals surface area contributed by atoms with E-state index >= 15 is 0 Å². The van der Waals surface area contributed by atoms with Crippen LogP contribution in [0.3, 0.4) is 0 Å². The van der Waals surface area contributed by atoms with E-state index in [2.05, 4.69) is 12.6 Å². The minimum atomic E-state index is -0.788. The Labute approximate surface area is 81.5 Å². The van der Waals surface area contributed by atoms with Gasteiger partial charge in [-0.3, -0.25) is 4.79 Å². The van der Waals surface area contributed by atoms with Gasteiger partial charge in [0.25, 0.3) is 0 Å². The van der Waals surface area contributed by atoms with E-state index in [0.29, 0.717) is 6.42 Å². The molecule has 0 aromatic carbocycles. The molecular weight excluding hydrogens is 194 g/mol. The van der Waals surface area contributed by atoms with Crippen LogP contribution in [0.4, 0.5) is 0 Å². The number of carbonyl (C=O) groups is 1. The molecule has 3 N–H and O–H groups in total. The third-order valence-corrected chi connectivity index (χ3v) is 3.56. The van der Waals surface area contributed by atoms with Gasteiger partial charge in [-0.15, -0.1) is 11.8 Å².